The Morgan fingerprint density at radius 3 is 2.64 bits per heavy atom. The molecule has 28 heavy (non-hydrogen) atoms. The highest BCUT2D eigenvalue weighted by molar-refractivity contribution is 7.71. The molecule has 0 radical (unpaired) electrons. The summed E-state index contributed by atoms with van der Waals surface area (Å²) in [7, 11) is 1.62. The molecule has 0 N–H and O–H groups in total. The van der Waals surface area contributed by atoms with E-state index in [2.05, 4.69) is 23.0 Å². The van der Waals surface area contributed by atoms with Crippen molar-refractivity contribution in [2.45, 2.75) is 26.6 Å². The normalized spacial score (nSPS) is 10.8. The Balaban J connectivity index is 1.80. The average Bonchev–Trinajstić information content (AvgIpc) is 3.09. The fourth-order valence-electron chi connectivity index (χ4n) is 2.97. The van der Waals surface area contributed by atoms with Gasteiger partial charge in [0.2, 0.25) is 0 Å². The number of nitriles is 1. The molecular formula is C21H22N4O2S. The molecule has 0 bridgehead atoms. The van der Waals surface area contributed by atoms with Crippen molar-refractivity contribution in [1.29, 1.82) is 5.26 Å². The summed E-state index contributed by atoms with van der Waals surface area (Å²) >= 11 is 5.38. The molecule has 0 aliphatic rings. The second kappa shape index (κ2) is 9.31. The zero-order valence-electron chi connectivity index (χ0n) is 16.0. The number of hydrogen-bond donors (Lipinski definition) is 0. The van der Waals surface area contributed by atoms with Crippen molar-refractivity contribution in [2.24, 2.45) is 0 Å². The molecule has 1 aromatic heterocycles. The Labute approximate surface area is 169 Å². The number of benzene rings is 2. The zero-order valence-corrected chi connectivity index (χ0v) is 16.8. The van der Waals surface area contributed by atoms with Crippen molar-refractivity contribution in [3.63, 3.8) is 0 Å². The largest absolute Gasteiger partial charge is 0.496 e. The summed E-state index contributed by atoms with van der Waals surface area (Å²) in [6, 6.07) is 17.3. The maximum absolute atomic E-state index is 8.95. The number of hydrogen-bond acceptors (Lipinski definition) is 6. The van der Waals surface area contributed by atoms with Gasteiger partial charge in [0.05, 0.1) is 31.0 Å². The van der Waals surface area contributed by atoms with E-state index in [0.717, 1.165) is 30.6 Å². The number of aromatic nitrogens is 2. The highest BCUT2D eigenvalue weighted by Crippen LogP contribution is 2.28. The summed E-state index contributed by atoms with van der Waals surface area (Å²) in [5, 5.41) is 13.5. The molecule has 0 fully saturated rings. The first kappa shape index (κ1) is 19.8. The predicted octanol–water partition coefficient (Wildman–Crippen LogP) is 4.62. The third-order valence-electron chi connectivity index (χ3n) is 4.31. The van der Waals surface area contributed by atoms with Gasteiger partial charge in [-0.2, -0.15) is 5.26 Å². The van der Waals surface area contributed by atoms with Crippen molar-refractivity contribution in [2.75, 3.05) is 13.7 Å². The van der Waals surface area contributed by atoms with Crippen molar-refractivity contribution < 1.29 is 9.15 Å². The van der Waals surface area contributed by atoms with Crippen LogP contribution in [0.4, 0.5) is 0 Å². The van der Waals surface area contributed by atoms with Crippen LogP contribution in [0.15, 0.2) is 52.9 Å². The number of ether oxygens (including phenoxy) is 1. The van der Waals surface area contributed by atoms with Crippen molar-refractivity contribution in [3.05, 3.63) is 64.5 Å². The van der Waals surface area contributed by atoms with Gasteiger partial charge >= 0.3 is 0 Å². The van der Waals surface area contributed by atoms with Gasteiger partial charge < -0.3 is 9.15 Å². The molecule has 0 aliphatic heterocycles. The van der Waals surface area contributed by atoms with Crippen LogP contribution in [-0.2, 0) is 13.2 Å². The van der Waals surface area contributed by atoms with Gasteiger partial charge in [-0.25, -0.2) is 4.68 Å². The third-order valence-corrected chi connectivity index (χ3v) is 4.60. The molecule has 144 valence electrons. The smallest absolute Gasteiger partial charge is 0.288 e. The SMILES string of the molecule is CCCN(Cc1ccc(C#N)cc1)Cn1nc(-c2ccccc2OC)oc1=S. The molecule has 6 nitrogen and oxygen atoms in total. The average molecular weight is 395 g/mol. The standard InChI is InChI=1S/C21H22N4O2S/c1-3-12-24(14-17-10-8-16(13-22)9-11-17)15-25-21(28)27-20(23-25)18-6-4-5-7-19(18)26-2/h4-11H,3,12,14-15H2,1-2H3. The van der Waals surface area contributed by atoms with Crippen LogP contribution in [0.25, 0.3) is 11.5 Å². The van der Waals surface area contributed by atoms with E-state index in [9.17, 15) is 0 Å². The van der Waals surface area contributed by atoms with E-state index >= 15 is 0 Å². The zero-order chi connectivity index (χ0) is 19.9. The lowest BCUT2D eigenvalue weighted by atomic mass is 10.1. The van der Waals surface area contributed by atoms with E-state index in [1.165, 1.54) is 0 Å². The Bertz CT molecular complexity index is 1020. The maximum atomic E-state index is 8.95. The summed E-state index contributed by atoms with van der Waals surface area (Å²) in [5.41, 5.74) is 2.56. The van der Waals surface area contributed by atoms with Gasteiger partial charge in [0.1, 0.15) is 5.75 Å². The van der Waals surface area contributed by atoms with Gasteiger partial charge in [-0.3, -0.25) is 4.90 Å². The molecule has 0 saturated heterocycles. The lowest BCUT2D eigenvalue weighted by Gasteiger charge is -2.21. The van der Waals surface area contributed by atoms with E-state index in [4.69, 9.17) is 26.6 Å². The predicted molar refractivity (Wildman–Crippen MR) is 109 cm³/mol. The van der Waals surface area contributed by atoms with Gasteiger partial charge in [0.25, 0.3) is 10.7 Å². The first-order chi connectivity index (χ1) is 13.6. The molecular weight excluding hydrogens is 372 g/mol. The molecule has 7 heteroatoms. The van der Waals surface area contributed by atoms with E-state index in [0.29, 0.717) is 28.7 Å². The summed E-state index contributed by atoms with van der Waals surface area (Å²) in [4.78, 5) is 2.56. The van der Waals surface area contributed by atoms with E-state index in [1.807, 2.05) is 48.5 Å². The first-order valence-electron chi connectivity index (χ1n) is 9.07. The summed E-state index contributed by atoms with van der Waals surface area (Å²) in [6.45, 7) is 4.27. The summed E-state index contributed by atoms with van der Waals surface area (Å²) in [5.74, 6) is 1.13. The van der Waals surface area contributed by atoms with Crippen LogP contribution in [0.3, 0.4) is 0 Å². The Morgan fingerprint density at radius 1 is 1.21 bits per heavy atom. The lowest BCUT2D eigenvalue weighted by molar-refractivity contribution is 0.195. The molecule has 3 aromatic rings. The van der Waals surface area contributed by atoms with E-state index in [1.54, 1.807) is 11.8 Å². The molecule has 0 saturated carbocycles. The van der Waals surface area contributed by atoms with Gasteiger partial charge in [-0.1, -0.05) is 31.2 Å². The monoisotopic (exact) mass is 394 g/mol. The minimum absolute atomic E-state index is 0.321. The first-order valence-corrected chi connectivity index (χ1v) is 9.48. The summed E-state index contributed by atoms with van der Waals surface area (Å²) in [6.07, 6.45) is 1.00. The van der Waals surface area contributed by atoms with Crippen molar-refractivity contribution in [3.8, 4) is 23.3 Å². The quantitative estimate of drug-likeness (QED) is 0.519. The molecule has 0 atom stereocenters. The minimum Gasteiger partial charge on any atom is -0.496 e. The van der Waals surface area contributed by atoms with Crippen LogP contribution in [0.1, 0.15) is 24.5 Å². The van der Waals surface area contributed by atoms with Gasteiger partial charge in [-0.05, 0) is 55.0 Å². The van der Waals surface area contributed by atoms with Crippen LogP contribution in [0.2, 0.25) is 0 Å². The number of methoxy groups -OCH3 is 1. The number of nitrogens with zero attached hydrogens (tertiary/aromatic N) is 4. The fraction of sp³-hybridized carbons (Fsp3) is 0.286. The Kier molecular flexibility index (Phi) is 6.58. The number of para-hydroxylation sites is 1. The molecule has 0 amide bonds. The van der Waals surface area contributed by atoms with Crippen LogP contribution in [-0.4, -0.2) is 28.3 Å². The molecule has 0 spiro atoms. The van der Waals surface area contributed by atoms with Crippen LogP contribution >= 0.6 is 12.2 Å². The number of rotatable bonds is 8. The van der Waals surface area contributed by atoms with Crippen LogP contribution < -0.4 is 4.74 Å². The third kappa shape index (κ3) is 4.66. The Hall–Kier alpha value is -2.95. The molecule has 3 rings (SSSR count). The second-order valence-electron chi connectivity index (χ2n) is 6.38. The second-order valence-corrected chi connectivity index (χ2v) is 6.72. The van der Waals surface area contributed by atoms with Crippen molar-refractivity contribution >= 4 is 12.2 Å². The highest BCUT2D eigenvalue weighted by atomic mass is 32.1. The van der Waals surface area contributed by atoms with Gasteiger partial charge in [-0.15, -0.1) is 5.10 Å². The maximum Gasteiger partial charge on any atom is 0.288 e. The van der Waals surface area contributed by atoms with Crippen LogP contribution in [0.5, 0.6) is 5.75 Å². The highest BCUT2D eigenvalue weighted by Gasteiger charge is 2.15. The lowest BCUT2D eigenvalue weighted by Crippen LogP contribution is -2.27. The molecule has 1 heterocycles. The van der Waals surface area contributed by atoms with Crippen molar-refractivity contribution in [1.82, 2.24) is 14.7 Å². The van der Waals surface area contributed by atoms with E-state index in [-0.39, 0.29) is 0 Å². The van der Waals surface area contributed by atoms with Crippen LogP contribution in [0, 0.1) is 16.2 Å². The summed E-state index contributed by atoms with van der Waals surface area (Å²) < 4.78 is 12.8. The topological polar surface area (TPSA) is 67.2 Å². The van der Waals surface area contributed by atoms with Gasteiger partial charge in [0, 0.05) is 6.54 Å². The molecule has 0 aliphatic carbocycles. The molecule has 0 unspecified atom stereocenters. The van der Waals surface area contributed by atoms with E-state index < -0.39 is 0 Å². The minimum atomic E-state index is 0.321. The Morgan fingerprint density at radius 2 is 1.96 bits per heavy atom. The van der Waals surface area contributed by atoms with Gasteiger partial charge in [0.15, 0.2) is 0 Å². The fourth-order valence-corrected chi connectivity index (χ4v) is 3.15. The molecule has 2 aromatic carbocycles.